The first-order valence-electron chi connectivity index (χ1n) is 15.7. The minimum absolute atomic E-state index is 0.0324. The highest BCUT2D eigenvalue weighted by Crippen LogP contribution is 2.56. The number of piperazine rings is 1. The maximum atomic E-state index is 15.0. The van der Waals surface area contributed by atoms with Crippen molar-refractivity contribution < 1.29 is 14.0 Å². The fraction of sp³-hybridized carbons (Fsp3) is 0.500. The topological polar surface area (TPSA) is 59.5 Å². The molecule has 4 heterocycles. The summed E-state index contributed by atoms with van der Waals surface area (Å²) in [6, 6.07) is 11.7. The van der Waals surface area contributed by atoms with E-state index in [9.17, 15) is 14.0 Å². The van der Waals surface area contributed by atoms with Crippen molar-refractivity contribution in [2.24, 2.45) is 10.9 Å². The lowest BCUT2D eigenvalue weighted by atomic mass is 9.81. The van der Waals surface area contributed by atoms with Crippen LogP contribution in [0.3, 0.4) is 0 Å². The zero-order valence-electron chi connectivity index (χ0n) is 26.6. The van der Waals surface area contributed by atoms with E-state index in [-0.39, 0.29) is 34.8 Å². The third kappa shape index (κ3) is 5.57. The Morgan fingerprint density at radius 3 is 2.40 bits per heavy atom. The van der Waals surface area contributed by atoms with Gasteiger partial charge in [0, 0.05) is 42.4 Å². The highest BCUT2D eigenvalue weighted by atomic mass is 35.5. The van der Waals surface area contributed by atoms with Gasteiger partial charge < -0.3 is 19.6 Å². The number of nitrogens with zero attached hydrogens (tertiary/aromatic N) is 5. The molecule has 2 amide bonds. The molecule has 0 unspecified atom stereocenters. The molecule has 45 heavy (non-hydrogen) atoms. The van der Waals surface area contributed by atoms with Crippen LogP contribution in [0.25, 0.3) is 0 Å². The van der Waals surface area contributed by atoms with E-state index >= 15 is 0 Å². The van der Waals surface area contributed by atoms with Crippen LogP contribution in [-0.2, 0) is 15.1 Å². The van der Waals surface area contributed by atoms with Crippen LogP contribution in [0, 0.1) is 11.7 Å². The fourth-order valence-electron chi connectivity index (χ4n) is 7.25. The summed E-state index contributed by atoms with van der Waals surface area (Å²) in [5.74, 6) is -0.669. The second-order valence-electron chi connectivity index (χ2n) is 13.2. The van der Waals surface area contributed by atoms with E-state index < -0.39 is 23.4 Å². The molecule has 0 aliphatic carbocycles. The molecule has 6 rings (SSSR count). The summed E-state index contributed by atoms with van der Waals surface area (Å²) in [6.07, 6.45) is 1.42. The van der Waals surface area contributed by atoms with E-state index in [0.29, 0.717) is 40.2 Å². The van der Waals surface area contributed by atoms with Gasteiger partial charge in [-0.05, 0) is 93.7 Å². The Balaban J connectivity index is 1.40. The van der Waals surface area contributed by atoms with Crippen LogP contribution in [0.5, 0.6) is 0 Å². The smallest absolute Gasteiger partial charge is 0.263 e. The number of thioether (sulfide) groups is 1. The van der Waals surface area contributed by atoms with Crippen LogP contribution in [0.1, 0.15) is 64.6 Å². The van der Waals surface area contributed by atoms with Gasteiger partial charge in [0.25, 0.3) is 5.91 Å². The first-order chi connectivity index (χ1) is 21.3. The second-order valence-corrected chi connectivity index (χ2v) is 15.1. The average Bonchev–Trinajstić information content (AvgIpc) is 3.65. The monoisotopic (exact) mass is 671 g/mol. The predicted molar refractivity (Wildman–Crippen MR) is 180 cm³/mol. The van der Waals surface area contributed by atoms with Crippen LogP contribution in [-0.4, -0.2) is 81.4 Å². The summed E-state index contributed by atoms with van der Waals surface area (Å²) in [6.45, 7) is 12.4. The minimum atomic E-state index is -0.806. The largest absolute Gasteiger partial charge is 0.338 e. The lowest BCUT2D eigenvalue weighted by Crippen LogP contribution is -2.57. The van der Waals surface area contributed by atoms with Crippen molar-refractivity contribution in [3.63, 3.8) is 0 Å². The number of halogens is 3. The van der Waals surface area contributed by atoms with Gasteiger partial charge in [-0.15, -0.1) is 0 Å². The summed E-state index contributed by atoms with van der Waals surface area (Å²) in [5, 5.41) is 1.34. The summed E-state index contributed by atoms with van der Waals surface area (Å²) in [5.41, 5.74) is 1.65. The van der Waals surface area contributed by atoms with Gasteiger partial charge in [0.15, 0.2) is 5.17 Å². The lowest BCUT2D eigenvalue weighted by molar-refractivity contribution is -0.144. The van der Waals surface area contributed by atoms with Crippen molar-refractivity contribution in [1.29, 1.82) is 0 Å². The van der Waals surface area contributed by atoms with Gasteiger partial charge in [-0.2, -0.15) is 0 Å². The minimum Gasteiger partial charge on any atom is -0.338 e. The zero-order valence-corrected chi connectivity index (χ0v) is 28.9. The van der Waals surface area contributed by atoms with Crippen molar-refractivity contribution in [2.75, 3.05) is 26.7 Å². The van der Waals surface area contributed by atoms with Gasteiger partial charge >= 0.3 is 0 Å². The molecule has 7 nitrogen and oxygen atoms in total. The molecule has 0 bridgehead atoms. The number of likely N-dealkylation sites (N-methyl/N-ethyl adjacent to an activating group) is 1. The number of rotatable bonds is 5. The number of aliphatic imine (C=N–C) groups is 1. The molecule has 2 fully saturated rings. The Morgan fingerprint density at radius 2 is 1.76 bits per heavy atom. The number of carbonyl (C=O) groups excluding carboxylic acids is 2. The van der Waals surface area contributed by atoms with Crippen molar-refractivity contribution in [3.8, 4) is 0 Å². The molecule has 0 radical (unpaired) electrons. The Hall–Kier alpha value is -2.59. The SMILES string of the molecule is CC(C)C1=C(C(=O)N2[C@H](C)CC[C@H]2C(=O)N2CCN(C)[C@H](C)C2)SC2=N[C@@](C)(c3ccc(Cl)cc3)[C@@H](c3ccc(Cl)c(F)c3)N21. The van der Waals surface area contributed by atoms with Gasteiger partial charge in [0.1, 0.15) is 22.3 Å². The highest BCUT2D eigenvalue weighted by Gasteiger charge is 2.54. The van der Waals surface area contributed by atoms with Crippen molar-refractivity contribution in [2.45, 2.75) is 77.2 Å². The molecule has 2 saturated heterocycles. The van der Waals surface area contributed by atoms with Crippen molar-refractivity contribution >= 4 is 51.9 Å². The zero-order chi connectivity index (χ0) is 32.4. The molecule has 4 aliphatic rings. The molecule has 5 atom stereocenters. The van der Waals surface area contributed by atoms with Crippen molar-refractivity contribution in [3.05, 3.63) is 80.1 Å². The number of amidine groups is 1. The molecule has 0 saturated carbocycles. The second kappa shape index (κ2) is 12.2. The van der Waals surface area contributed by atoms with Crippen LogP contribution in [0.15, 0.2) is 58.1 Å². The van der Waals surface area contributed by atoms with E-state index in [4.69, 9.17) is 28.2 Å². The van der Waals surface area contributed by atoms with E-state index in [0.717, 1.165) is 24.2 Å². The van der Waals surface area contributed by atoms with E-state index in [1.807, 2.05) is 54.0 Å². The molecule has 0 spiro atoms. The maximum absolute atomic E-state index is 15.0. The number of carbonyl (C=O) groups is 2. The first-order valence-corrected chi connectivity index (χ1v) is 17.2. The molecule has 0 N–H and O–H groups in total. The first kappa shape index (κ1) is 32.4. The number of amides is 2. The molecule has 2 aromatic rings. The summed E-state index contributed by atoms with van der Waals surface area (Å²) in [7, 11) is 2.08. The Bertz CT molecular complexity index is 1580. The molecule has 0 aromatic heterocycles. The van der Waals surface area contributed by atoms with E-state index in [1.54, 1.807) is 6.07 Å². The van der Waals surface area contributed by atoms with Gasteiger partial charge in [0.05, 0.1) is 11.1 Å². The van der Waals surface area contributed by atoms with Gasteiger partial charge in [0.2, 0.25) is 5.91 Å². The Labute approximate surface area is 279 Å². The van der Waals surface area contributed by atoms with Crippen LogP contribution in [0.4, 0.5) is 4.39 Å². The molecular formula is C34H40Cl2FN5O2S. The quantitative estimate of drug-likeness (QED) is 0.346. The summed E-state index contributed by atoms with van der Waals surface area (Å²) < 4.78 is 15.0. The van der Waals surface area contributed by atoms with E-state index in [2.05, 4.69) is 37.6 Å². The molecule has 240 valence electrons. The molecule has 2 aromatic carbocycles. The summed E-state index contributed by atoms with van der Waals surface area (Å²) >= 11 is 13.7. The Morgan fingerprint density at radius 1 is 1.04 bits per heavy atom. The third-order valence-electron chi connectivity index (χ3n) is 9.90. The maximum Gasteiger partial charge on any atom is 0.263 e. The average molecular weight is 673 g/mol. The number of hydrogen-bond donors (Lipinski definition) is 0. The standard InChI is InChI=1S/C34H40Cl2FN5O2S/c1-19(2)28-29(32(44)41-20(3)7-14-27(41)31(43)40-16-15-39(6)21(4)18-40)45-33-38-34(5,23-9-11-24(35)12-10-23)30(42(28)33)22-8-13-25(36)26(37)17-22/h8-13,17,19-21,27,30H,7,14-16,18H2,1-6H3/t20-,21-,27+,30-,34+/m1/s1. The predicted octanol–water partition coefficient (Wildman–Crippen LogP) is 6.92. The molecule has 11 heteroatoms. The number of benzene rings is 2. The molecular weight excluding hydrogens is 632 g/mol. The molecule has 4 aliphatic heterocycles. The third-order valence-corrected chi connectivity index (χ3v) is 11.5. The number of hydrogen-bond acceptors (Lipinski definition) is 6. The number of fused-ring (bicyclic) bond motifs is 1. The highest BCUT2D eigenvalue weighted by molar-refractivity contribution is 8.18. The van der Waals surface area contributed by atoms with Crippen LogP contribution < -0.4 is 0 Å². The fourth-order valence-corrected chi connectivity index (χ4v) is 8.84. The lowest BCUT2D eigenvalue weighted by Gasteiger charge is -2.40. The van der Waals surface area contributed by atoms with Crippen LogP contribution >= 0.6 is 35.0 Å². The van der Waals surface area contributed by atoms with Gasteiger partial charge in [-0.3, -0.25) is 9.59 Å². The van der Waals surface area contributed by atoms with Crippen molar-refractivity contribution in [1.82, 2.24) is 19.6 Å². The summed E-state index contributed by atoms with van der Waals surface area (Å²) in [4.78, 5) is 42.5. The van der Waals surface area contributed by atoms with E-state index in [1.165, 1.54) is 17.8 Å². The number of allylic oxidation sites excluding steroid dienone is 1. The normalized spacial score (nSPS) is 28.8. The number of likely N-dealkylation sites (tertiary alicyclic amines) is 1. The Kier molecular flexibility index (Phi) is 8.78. The van der Waals surface area contributed by atoms with Gasteiger partial charge in [-0.25, -0.2) is 9.38 Å². The van der Waals surface area contributed by atoms with Crippen LogP contribution in [0.2, 0.25) is 10.0 Å². The van der Waals surface area contributed by atoms with Gasteiger partial charge in [-0.1, -0.05) is 55.2 Å².